The summed E-state index contributed by atoms with van der Waals surface area (Å²) in [6, 6.07) is 5.04. The van der Waals surface area contributed by atoms with Crippen molar-refractivity contribution in [2.24, 2.45) is 5.73 Å². The third kappa shape index (κ3) is 6.26. The number of rotatable bonds is 9. The first-order chi connectivity index (χ1) is 18.4. The van der Waals surface area contributed by atoms with Crippen molar-refractivity contribution in [2.45, 2.75) is 44.7 Å². The van der Waals surface area contributed by atoms with Crippen LogP contribution in [0.15, 0.2) is 30.5 Å². The van der Waals surface area contributed by atoms with E-state index in [0.717, 1.165) is 24.7 Å². The van der Waals surface area contributed by atoms with Crippen molar-refractivity contribution in [1.29, 1.82) is 0 Å². The summed E-state index contributed by atoms with van der Waals surface area (Å²) in [4.78, 5) is 33.5. The van der Waals surface area contributed by atoms with E-state index in [0.29, 0.717) is 35.1 Å². The van der Waals surface area contributed by atoms with Crippen LogP contribution in [0.5, 0.6) is 0 Å². The number of hydrogen-bond acceptors (Lipinski definition) is 8. The minimum Gasteiger partial charge on any atom is -0.480 e. The molecule has 1 saturated heterocycles. The monoisotopic (exact) mass is 577 g/mol. The van der Waals surface area contributed by atoms with Crippen LogP contribution >= 0.6 is 11.6 Å². The number of aromatic nitrogens is 3. The van der Waals surface area contributed by atoms with E-state index in [2.05, 4.69) is 4.72 Å². The minimum atomic E-state index is -3.63. The Morgan fingerprint density at radius 3 is 2.72 bits per heavy atom. The summed E-state index contributed by atoms with van der Waals surface area (Å²) in [6.45, 7) is 2.51. The summed E-state index contributed by atoms with van der Waals surface area (Å²) < 4.78 is 27.8. The van der Waals surface area contributed by atoms with Crippen molar-refractivity contribution in [3.63, 3.8) is 0 Å². The normalized spacial score (nSPS) is 16.7. The number of aryl methyl sites for hydroxylation is 1. The molecule has 2 aromatic heterocycles. The lowest BCUT2D eigenvalue weighted by Gasteiger charge is -2.35. The number of nitrogens with two attached hydrogens (primary N) is 1. The van der Waals surface area contributed by atoms with Gasteiger partial charge in [-0.15, -0.1) is 0 Å². The highest BCUT2D eigenvalue weighted by atomic mass is 35.5. The van der Waals surface area contributed by atoms with E-state index in [-0.39, 0.29) is 36.2 Å². The zero-order valence-corrected chi connectivity index (χ0v) is 23.5. The van der Waals surface area contributed by atoms with Crippen molar-refractivity contribution in [3.05, 3.63) is 52.3 Å². The van der Waals surface area contributed by atoms with Crippen LogP contribution in [0, 0.1) is 6.92 Å². The van der Waals surface area contributed by atoms with Gasteiger partial charge in [-0.05, 0) is 57.4 Å². The number of piperidine rings is 1. The molecule has 0 spiro atoms. The number of carbonyl (C=O) groups is 2. The van der Waals surface area contributed by atoms with Gasteiger partial charge in [0.2, 0.25) is 10.0 Å². The number of anilines is 2. The topological polar surface area (TPSA) is 163 Å². The lowest BCUT2D eigenvalue weighted by molar-refractivity contribution is -0.138. The molecule has 4 N–H and O–H groups in total. The van der Waals surface area contributed by atoms with E-state index in [1.165, 1.54) is 18.2 Å². The van der Waals surface area contributed by atoms with Crippen LogP contribution in [0.1, 0.15) is 53.3 Å². The number of sulfonamides is 1. The van der Waals surface area contributed by atoms with Crippen molar-refractivity contribution in [3.8, 4) is 0 Å². The highest BCUT2D eigenvalue weighted by Gasteiger charge is 2.32. The number of hydrogen-bond donors (Lipinski definition) is 3. The zero-order chi connectivity index (χ0) is 28.5. The van der Waals surface area contributed by atoms with Gasteiger partial charge in [-0.2, -0.15) is 5.10 Å². The van der Waals surface area contributed by atoms with Gasteiger partial charge in [-0.25, -0.2) is 22.7 Å². The lowest BCUT2D eigenvalue weighted by Crippen LogP contribution is -2.41. The van der Waals surface area contributed by atoms with Gasteiger partial charge in [0, 0.05) is 36.4 Å². The summed E-state index contributed by atoms with van der Waals surface area (Å²) in [6.07, 6.45) is 5.39. The number of nitrogens with zero attached hydrogens (tertiary/aromatic N) is 5. The molecule has 14 heteroatoms. The maximum Gasteiger partial charge on any atom is 0.326 e. The number of carboxylic acid groups (broad SMARTS) is 1. The van der Waals surface area contributed by atoms with Crippen LogP contribution in [0.2, 0.25) is 5.02 Å². The lowest BCUT2D eigenvalue weighted by atomic mass is 9.98. The molecule has 1 aliphatic rings. The smallest absolute Gasteiger partial charge is 0.326 e. The van der Waals surface area contributed by atoms with Gasteiger partial charge in [0.05, 0.1) is 29.2 Å². The number of carboxylic acids is 1. The average molecular weight is 578 g/mol. The Kier molecular flexibility index (Phi) is 8.33. The largest absolute Gasteiger partial charge is 0.480 e. The quantitative estimate of drug-likeness (QED) is 0.347. The zero-order valence-electron chi connectivity index (χ0n) is 22.0. The summed E-state index contributed by atoms with van der Waals surface area (Å²) in [5.74, 6) is -0.844. The number of likely N-dealkylation sites (N-methyl/N-ethyl adjacent to an activating group) is 1. The molecular weight excluding hydrogens is 546 g/mol. The molecule has 2 atom stereocenters. The minimum absolute atomic E-state index is 0.154. The molecule has 0 aliphatic carbocycles. The first-order valence-electron chi connectivity index (χ1n) is 12.5. The van der Waals surface area contributed by atoms with Crippen molar-refractivity contribution < 1.29 is 23.1 Å². The standard InChI is InChI=1S/C25H32ClN7O5S/c1-15-14-33-22(28-23(15)31(2)21(9-10-27)25(35)36)13-19(29-33)20-6-4-5-11-32(20)24(34)17-12-16(26)7-8-18(17)30-39(3,37)38/h7-8,12-14,20-21,30H,4-6,9-11,27H2,1-3H3,(H,35,36). The highest BCUT2D eigenvalue weighted by molar-refractivity contribution is 7.92. The number of benzene rings is 1. The van der Waals surface area contributed by atoms with E-state index < -0.39 is 22.0 Å². The second kappa shape index (κ2) is 11.4. The fourth-order valence-electron chi connectivity index (χ4n) is 4.95. The highest BCUT2D eigenvalue weighted by Crippen LogP contribution is 2.34. The van der Waals surface area contributed by atoms with Crippen LogP contribution in [0.25, 0.3) is 5.65 Å². The van der Waals surface area contributed by atoms with Crippen LogP contribution in [-0.2, 0) is 14.8 Å². The Morgan fingerprint density at radius 2 is 2.05 bits per heavy atom. The van der Waals surface area contributed by atoms with E-state index in [1.807, 2.05) is 6.92 Å². The molecule has 1 aliphatic heterocycles. The van der Waals surface area contributed by atoms with Crippen molar-refractivity contribution >= 4 is 50.7 Å². The summed E-state index contributed by atoms with van der Waals surface area (Å²) >= 11 is 6.17. The van der Waals surface area contributed by atoms with Crippen LogP contribution in [0.3, 0.4) is 0 Å². The third-order valence-corrected chi connectivity index (χ3v) is 7.59. The Morgan fingerprint density at radius 1 is 1.31 bits per heavy atom. The number of nitrogens with one attached hydrogen (secondary N) is 1. The molecule has 3 heterocycles. The summed E-state index contributed by atoms with van der Waals surface area (Å²) in [5, 5.41) is 14.7. The van der Waals surface area contributed by atoms with Gasteiger partial charge >= 0.3 is 5.97 Å². The molecule has 0 saturated carbocycles. The second-order valence-corrected chi connectivity index (χ2v) is 11.9. The van der Waals surface area contributed by atoms with E-state index >= 15 is 0 Å². The number of fused-ring (bicyclic) bond motifs is 1. The first kappa shape index (κ1) is 28.6. The van der Waals surface area contributed by atoms with Crippen molar-refractivity contribution in [1.82, 2.24) is 19.5 Å². The maximum absolute atomic E-state index is 13.8. The number of aliphatic carboxylic acids is 1. The van der Waals surface area contributed by atoms with E-state index in [1.54, 1.807) is 33.6 Å². The first-order valence-corrected chi connectivity index (χ1v) is 14.8. The van der Waals surface area contributed by atoms with E-state index in [4.69, 9.17) is 27.4 Å². The average Bonchev–Trinajstić information content (AvgIpc) is 3.28. The predicted octanol–water partition coefficient (Wildman–Crippen LogP) is 2.67. The van der Waals surface area contributed by atoms with Crippen LogP contribution in [-0.4, -0.2) is 77.3 Å². The fourth-order valence-corrected chi connectivity index (χ4v) is 5.70. The Labute approximate surface area is 231 Å². The molecule has 0 bridgehead atoms. The molecule has 4 rings (SSSR count). The van der Waals surface area contributed by atoms with Crippen LogP contribution in [0.4, 0.5) is 11.5 Å². The molecule has 1 fully saturated rings. The van der Waals surface area contributed by atoms with E-state index in [9.17, 15) is 23.1 Å². The Bertz CT molecular complexity index is 1510. The molecule has 210 valence electrons. The molecule has 2 unspecified atom stereocenters. The molecular formula is C25H32ClN7O5S. The molecule has 1 aromatic carbocycles. The SMILES string of the molecule is Cc1cn2nc(C3CCCCN3C(=O)c3cc(Cl)ccc3NS(C)(=O)=O)cc2nc1N(C)C(CCN)C(=O)O. The summed E-state index contributed by atoms with van der Waals surface area (Å²) in [7, 11) is -1.95. The van der Waals surface area contributed by atoms with Crippen molar-refractivity contribution in [2.75, 3.05) is 36.0 Å². The second-order valence-electron chi connectivity index (χ2n) is 9.74. The predicted molar refractivity (Wildman–Crippen MR) is 149 cm³/mol. The molecule has 0 radical (unpaired) electrons. The Hall–Kier alpha value is -3.42. The molecule has 3 aromatic rings. The van der Waals surface area contributed by atoms with Gasteiger partial charge < -0.3 is 20.6 Å². The maximum atomic E-state index is 13.8. The van der Waals surface area contributed by atoms with Gasteiger partial charge in [0.1, 0.15) is 11.9 Å². The van der Waals surface area contributed by atoms with Crippen LogP contribution < -0.4 is 15.4 Å². The van der Waals surface area contributed by atoms with Gasteiger partial charge in [-0.3, -0.25) is 9.52 Å². The third-order valence-electron chi connectivity index (χ3n) is 6.76. The van der Waals surface area contributed by atoms with Gasteiger partial charge in [0.25, 0.3) is 5.91 Å². The molecule has 39 heavy (non-hydrogen) atoms. The number of likely N-dealkylation sites (tertiary alicyclic amines) is 1. The number of halogens is 1. The summed E-state index contributed by atoms with van der Waals surface area (Å²) in [5.41, 5.74) is 7.81. The fraction of sp³-hybridized carbons (Fsp3) is 0.440. The number of amides is 1. The number of carbonyl (C=O) groups excluding carboxylic acids is 1. The molecule has 12 nitrogen and oxygen atoms in total. The van der Waals surface area contributed by atoms with Gasteiger partial charge in [-0.1, -0.05) is 11.6 Å². The Balaban J connectivity index is 1.70. The van der Waals surface area contributed by atoms with Gasteiger partial charge in [0.15, 0.2) is 5.65 Å². The molecule has 1 amide bonds.